The van der Waals surface area contributed by atoms with Crippen LogP contribution >= 0.6 is 11.8 Å². The van der Waals surface area contributed by atoms with Gasteiger partial charge in [-0.2, -0.15) is 0 Å². The highest BCUT2D eigenvalue weighted by Gasteiger charge is 2.33. The van der Waals surface area contributed by atoms with Gasteiger partial charge in [0.25, 0.3) is 0 Å². The number of carboxylic acids is 1. The molecule has 1 aliphatic heterocycles. The second-order valence-corrected chi connectivity index (χ2v) is 6.91. The Kier molecular flexibility index (Phi) is 3.82. The third kappa shape index (κ3) is 2.50. The van der Waals surface area contributed by atoms with Crippen LogP contribution in [0, 0.1) is 0 Å². The van der Waals surface area contributed by atoms with E-state index in [0.29, 0.717) is 6.42 Å². The van der Waals surface area contributed by atoms with Crippen molar-refractivity contribution in [2.45, 2.75) is 23.4 Å². The molecule has 1 aromatic heterocycles. The first-order valence-corrected chi connectivity index (χ1v) is 9.12. The van der Waals surface area contributed by atoms with E-state index in [1.165, 1.54) is 4.90 Å². The van der Waals surface area contributed by atoms with Gasteiger partial charge < -0.3 is 10.1 Å². The van der Waals surface area contributed by atoms with Crippen LogP contribution in [0.15, 0.2) is 53.4 Å². The largest absolute Gasteiger partial charge is 0.480 e. The summed E-state index contributed by atoms with van der Waals surface area (Å²) in [7, 11) is 0. The number of hydrogen-bond donors (Lipinski definition) is 3. The molecule has 2 aromatic carbocycles. The highest BCUT2D eigenvalue weighted by molar-refractivity contribution is 7.98. The number of aliphatic carboxylic acids is 1. The molecular formula is C19H18N2O2S. The fraction of sp³-hybridized carbons (Fsp3) is 0.211. The Labute approximate surface area is 144 Å². The summed E-state index contributed by atoms with van der Waals surface area (Å²) in [6.45, 7) is 0. The fourth-order valence-electron chi connectivity index (χ4n) is 3.45. The number of carbonyl (C=O) groups is 1. The number of carboxylic acid groups (broad SMARTS) is 1. The molecule has 24 heavy (non-hydrogen) atoms. The molecule has 3 N–H and O–H groups in total. The van der Waals surface area contributed by atoms with Gasteiger partial charge in [0.1, 0.15) is 6.04 Å². The molecule has 2 atom stereocenters. The number of hydrogen-bond acceptors (Lipinski definition) is 3. The molecular weight excluding hydrogens is 320 g/mol. The Morgan fingerprint density at radius 1 is 1.17 bits per heavy atom. The van der Waals surface area contributed by atoms with Gasteiger partial charge in [-0.1, -0.05) is 30.3 Å². The lowest BCUT2D eigenvalue weighted by atomic mass is 9.90. The lowest BCUT2D eigenvalue weighted by Gasteiger charge is -2.29. The molecule has 2 unspecified atom stereocenters. The standard InChI is InChI=1S/C19H18N2O2S/c1-24-12-8-6-11(7-9-12)17-18-14(10-16(21-17)19(22)23)13-4-2-3-5-15(13)20-18/h2-9,16-17,20-21H,10H2,1H3,(H,22,23). The maximum atomic E-state index is 11.6. The van der Waals surface area contributed by atoms with Crippen LogP contribution < -0.4 is 5.32 Å². The van der Waals surface area contributed by atoms with Crippen molar-refractivity contribution in [3.8, 4) is 0 Å². The maximum absolute atomic E-state index is 11.6. The number of H-pyrrole nitrogens is 1. The SMILES string of the molecule is CSc1ccc(C2NC(C(=O)O)Cc3c2[nH]c2ccccc32)cc1. The summed E-state index contributed by atoms with van der Waals surface area (Å²) in [4.78, 5) is 16.3. The predicted molar refractivity (Wildman–Crippen MR) is 96.6 cm³/mol. The Balaban J connectivity index is 1.85. The van der Waals surface area contributed by atoms with Crippen molar-refractivity contribution in [3.63, 3.8) is 0 Å². The molecule has 4 rings (SSSR count). The molecule has 0 fully saturated rings. The molecule has 0 spiro atoms. The molecule has 0 saturated heterocycles. The molecule has 3 aromatic rings. The van der Waals surface area contributed by atoms with Crippen molar-refractivity contribution in [1.82, 2.24) is 10.3 Å². The average Bonchev–Trinajstić information content (AvgIpc) is 2.99. The molecule has 0 aliphatic carbocycles. The number of aromatic nitrogens is 1. The Bertz CT molecular complexity index is 901. The van der Waals surface area contributed by atoms with Gasteiger partial charge >= 0.3 is 5.97 Å². The van der Waals surface area contributed by atoms with Crippen LogP contribution in [0.2, 0.25) is 0 Å². The van der Waals surface area contributed by atoms with Gasteiger partial charge in [0.05, 0.1) is 6.04 Å². The molecule has 122 valence electrons. The first kappa shape index (κ1) is 15.3. The topological polar surface area (TPSA) is 65.1 Å². The first-order valence-electron chi connectivity index (χ1n) is 7.89. The van der Waals surface area contributed by atoms with Crippen molar-refractivity contribution in [1.29, 1.82) is 0 Å². The number of thioether (sulfide) groups is 1. The Morgan fingerprint density at radius 3 is 2.62 bits per heavy atom. The van der Waals surface area contributed by atoms with E-state index in [-0.39, 0.29) is 6.04 Å². The number of aromatic amines is 1. The summed E-state index contributed by atoms with van der Waals surface area (Å²) in [5.74, 6) is -0.809. The van der Waals surface area contributed by atoms with E-state index >= 15 is 0 Å². The average molecular weight is 338 g/mol. The van der Waals surface area contributed by atoms with Gasteiger partial charge in [-0.25, -0.2) is 0 Å². The van der Waals surface area contributed by atoms with Gasteiger partial charge in [-0.05, 0) is 35.6 Å². The van der Waals surface area contributed by atoms with E-state index < -0.39 is 12.0 Å². The highest BCUT2D eigenvalue weighted by atomic mass is 32.2. The first-order chi connectivity index (χ1) is 11.7. The summed E-state index contributed by atoms with van der Waals surface area (Å²) in [6, 6.07) is 15.7. The molecule has 5 heteroatoms. The van der Waals surface area contributed by atoms with Gasteiger partial charge in [0.2, 0.25) is 0 Å². The molecule has 4 nitrogen and oxygen atoms in total. The molecule has 0 amide bonds. The van der Waals surface area contributed by atoms with Crippen molar-refractivity contribution in [2.24, 2.45) is 0 Å². The normalized spacial score (nSPS) is 20.0. The van der Waals surface area contributed by atoms with E-state index in [2.05, 4.69) is 40.6 Å². The number of para-hydroxylation sites is 1. The Hall–Kier alpha value is -2.24. The van der Waals surface area contributed by atoms with Gasteiger partial charge in [0.15, 0.2) is 0 Å². The third-order valence-corrected chi connectivity index (χ3v) is 5.40. The van der Waals surface area contributed by atoms with E-state index in [1.807, 2.05) is 24.5 Å². The van der Waals surface area contributed by atoms with Gasteiger partial charge in [-0.3, -0.25) is 10.1 Å². The van der Waals surface area contributed by atoms with Crippen molar-refractivity contribution in [2.75, 3.05) is 6.26 Å². The van der Waals surface area contributed by atoms with Crippen LogP contribution in [0.25, 0.3) is 10.9 Å². The summed E-state index contributed by atoms with van der Waals surface area (Å²) in [6.07, 6.45) is 2.54. The number of benzene rings is 2. The lowest BCUT2D eigenvalue weighted by Crippen LogP contribution is -2.44. The maximum Gasteiger partial charge on any atom is 0.321 e. The highest BCUT2D eigenvalue weighted by Crippen LogP contribution is 2.35. The molecule has 1 aliphatic rings. The zero-order chi connectivity index (χ0) is 16.7. The number of rotatable bonds is 3. The second kappa shape index (κ2) is 6.00. The van der Waals surface area contributed by atoms with E-state index in [1.54, 1.807) is 11.8 Å². The summed E-state index contributed by atoms with van der Waals surface area (Å²) >= 11 is 1.70. The number of nitrogens with one attached hydrogen (secondary N) is 2. The third-order valence-electron chi connectivity index (χ3n) is 4.66. The summed E-state index contributed by atoms with van der Waals surface area (Å²) in [5, 5.41) is 13.9. The van der Waals surface area contributed by atoms with Crippen LogP contribution in [-0.4, -0.2) is 28.4 Å². The Morgan fingerprint density at radius 2 is 1.92 bits per heavy atom. The molecule has 0 bridgehead atoms. The molecule has 0 radical (unpaired) electrons. The molecule has 2 heterocycles. The summed E-state index contributed by atoms with van der Waals surface area (Å²) < 4.78 is 0. The smallest absolute Gasteiger partial charge is 0.321 e. The van der Waals surface area contributed by atoms with E-state index in [4.69, 9.17) is 0 Å². The number of fused-ring (bicyclic) bond motifs is 3. The fourth-order valence-corrected chi connectivity index (χ4v) is 3.86. The lowest BCUT2D eigenvalue weighted by molar-refractivity contribution is -0.139. The van der Waals surface area contributed by atoms with Crippen LogP contribution in [0.3, 0.4) is 0 Å². The minimum absolute atomic E-state index is 0.141. The van der Waals surface area contributed by atoms with Crippen LogP contribution in [0.5, 0.6) is 0 Å². The quantitative estimate of drug-likeness (QED) is 0.639. The second-order valence-electron chi connectivity index (χ2n) is 6.03. The monoisotopic (exact) mass is 338 g/mol. The van der Waals surface area contributed by atoms with Crippen molar-refractivity contribution in [3.05, 3.63) is 65.4 Å². The van der Waals surface area contributed by atoms with E-state index in [0.717, 1.165) is 27.7 Å². The van der Waals surface area contributed by atoms with Gasteiger partial charge in [-0.15, -0.1) is 11.8 Å². The van der Waals surface area contributed by atoms with Crippen LogP contribution in [0.1, 0.15) is 22.9 Å². The van der Waals surface area contributed by atoms with Crippen LogP contribution in [0.4, 0.5) is 0 Å². The van der Waals surface area contributed by atoms with Crippen LogP contribution in [-0.2, 0) is 11.2 Å². The minimum atomic E-state index is -0.809. The minimum Gasteiger partial charge on any atom is -0.480 e. The van der Waals surface area contributed by atoms with E-state index in [9.17, 15) is 9.90 Å². The zero-order valence-corrected chi connectivity index (χ0v) is 14.1. The van der Waals surface area contributed by atoms with Crippen molar-refractivity contribution < 1.29 is 9.90 Å². The summed E-state index contributed by atoms with van der Waals surface area (Å²) in [5.41, 5.74) is 4.31. The van der Waals surface area contributed by atoms with Crippen molar-refractivity contribution >= 4 is 28.6 Å². The predicted octanol–water partition coefficient (Wildman–Crippen LogP) is 3.58. The molecule has 0 saturated carbocycles. The van der Waals surface area contributed by atoms with Gasteiger partial charge in [0, 0.05) is 27.9 Å². The zero-order valence-electron chi connectivity index (χ0n) is 13.2.